The molecule has 8 nitrogen and oxygen atoms in total. The molecule has 1 atom stereocenters. The molecule has 0 saturated carbocycles. The molecule has 2 amide bonds. The summed E-state index contributed by atoms with van der Waals surface area (Å²) in [6.45, 7) is 0. The van der Waals surface area contributed by atoms with Gasteiger partial charge in [0.2, 0.25) is 11.8 Å². The molecule has 1 aliphatic heterocycles. The van der Waals surface area contributed by atoms with Gasteiger partial charge in [0, 0.05) is 23.7 Å². The van der Waals surface area contributed by atoms with E-state index >= 15 is 0 Å². The number of amides is 2. The van der Waals surface area contributed by atoms with Crippen LogP contribution in [0.5, 0.6) is 0 Å². The van der Waals surface area contributed by atoms with Crippen LogP contribution in [0.25, 0.3) is 10.8 Å². The molecular formula is C21H16N4O4S. The van der Waals surface area contributed by atoms with Crippen LogP contribution >= 0.6 is 12.2 Å². The van der Waals surface area contributed by atoms with Gasteiger partial charge >= 0.3 is 0 Å². The van der Waals surface area contributed by atoms with E-state index in [-0.39, 0.29) is 10.8 Å². The highest BCUT2D eigenvalue weighted by Gasteiger charge is 2.42. The lowest BCUT2D eigenvalue weighted by Crippen LogP contribution is -2.57. The van der Waals surface area contributed by atoms with Crippen molar-refractivity contribution in [2.24, 2.45) is 5.92 Å². The first kappa shape index (κ1) is 19.5. The van der Waals surface area contributed by atoms with Crippen LogP contribution in [0.1, 0.15) is 17.0 Å². The zero-order chi connectivity index (χ0) is 21.4. The van der Waals surface area contributed by atoms with Crippen LogP contribution in [0.2, 0.25) is 0 Å². The number of nitro groups is 1. The fraction of sp³-hybridized carbons (Fsp3) is 0.0952. The van der Waals surface area contributed by atoms with E-state index < -0.39 is 28.6 Å². The summed E-state index contributed by atoms with van der Waals surface area (Å²) in [5.74, 6) is -3.26. The molecule has 4 N–H and O–H groups in total. The smallest absolute Gasteiger partial charge is 0.269 e. The molecule has 1 saturated heterocycles. The number of nitro benzene ring substituents is 1. The number of hydrogen-bond donors (Lipinski definition) is 3. The molecule has 1 heterocycles. The van der Waals surface area contributed by atoms with E-state index in [9.17, 15) is 19.7 Å². The Labute approximate surface area is 176 Å². The molecule has 9 heteroatoms. The first-order valence-corrected chi connectivity index (χ1v) is 9.45. The molecule has 150 valence electrons. The van der Waals surface area contributed by atoms with E-state index in [1.807, 2.05) is 30.3 Å². The number of hydrogen-bond acceptors (Lipinski definition) is 6. The van der Waals surface area contributed by atoms with Crippen molar-refractivity contribution in [3.05, 3.63) is 81.9 Å². The van der Waals surface area contributed by atoms with Gasteiger partial charge in [-0.15, -0.1) is 0 Å². The minimum atomic E-state index is -1.22. The van der Waals surface area contributed by atoms with Crippen molar-refractivity contribution in [2.75, 3.05) is 5.73 Å². The first-order valence-electron chi connectivity index (χ1n) is 9.04. The number of nitrogens with two attached hydrogens (primary N) is 1. The topological polar surface area (TPSA) is 127 Å². The fourth-order valence-corrected chi connectivity index (χ4v) is 4.05. The number of benzene rings is 3. The summed E-state index contributed by atoms with van der Waals surface area (Å²) in [5, 5.41) is 17.8. The predicted molar refractivity (Wildman–Crippen MR) is 116 cm³/mol. The highest BCUT2D eigenvalue weighted by molar-refractivity contribution is 7.80. The van der Waals surface area contributed by atoms with Gasteiger partial charge in [-0.2, -0.15) is 0 Å². The molecule has 0 spiro atoms. The van der Waals surface area contributed by atoms with E-state index in [1.54, 1.807) is 12.1 Å². The summed E-state index contributed by atoms with van der Waals surface area (Å²) in [7, 11) is 0. The molecular weight excluding hydrogens is 404 g/mol. The second-order valence-electron chi connectivity index (χ2n) is 6.90. The normalized spacial score (nSPS) is 15.5. The SMILES string of the molecule is Nc1ccc2ccccc2c1C(c1cccc([N+](=O)[O-])c1)C1C(=O)NC(=S)NC1=O. The number of anilines is 1. The van der Waals surface area contributed by atoms with Crippen LogP contribution in [-0.4, -0.2) is 21.9 Å². The average Bonchev–Trinajstić information content (AvgIpc) is 2.71. The maximum Gasteiger partial charge on any atom is 0.269 e. The summed E-state index contributed by atoms with van der Waals surface area (Å²) in [6.07, 6.45) is 0. The molecule has 0 bridgehead atoms. The lowest BCUT2D eigenvalue weighted by Gasteiger charge is -2.31. The van der Waals surface area contributed by atoms with Crippen LogP contribution in [-0.2, 0) is 9.59 Å². The second-order valence-corrected chi connectivity index (χ2v) is 7.31. The van der Waals surface area contributed by atoms with Crippen molar-refractivity contribution in [3.8, 4) is 0 Å². The second kappa shape index (κ2) is 7.53. The predicted octanol–water partition coefficient (Wildman–Crippen LogP) is 2.61. The maximum atomic E-state index is 12.8. The van der Waals surface area contributed by atoms with Crippen LogP contribution in [0, 0.1) is 16.0 Å². The summed E-state index contributed by atoms with van der Waals surface area (Å²) < 4.78 is 0. The molecule has 0 aromatic heterocycles. The van der Waals surface area contributed by atoms with E-state index in [0.717, 1.165) is 10.8 Å². The number of rotatable bonds is 4. The molecule has 0 radical (unpaired) electrons. The van der Waals surface area contributed by atoms with Crippen LogP contribution < -0.4 is 16.4 Å². The third-order valence-corrected chi connectivity index (χ3v) is 5.33. The average molecular weight is 420 g/mol. The Morgan fingerprint density at radius 1 is 1.00 bits per heavy atom. The zero-order valence-electron chi connectivity index (χ0n) is 15.5. The number of nitrogens with one attached hydrogen (secondary N) is 2. The third kappa shape index (κ3) is 3.35. The Kier molecular flexibility index (Phi) is 4.88. The largest absolute Gasteiger partial charge is 0.398 e. The first-order chi connectivity index (χ1) is 14.4. The number of carbonyl (C=O) groups is 2. The lowest BCUT2D eigenvalue weighted by molar-refractivity contribution is -0.384. The Balaban J connectivity index is 2.01. The number of nitrogens with zero attached hydrogens (tertiary/aromatic N) is 1. The minimum Gasteiger partial charge on any atom is -0.398 e. The molecule has 30 heavy (non-hydrogen) atoms. The fourth-order valence-electron chi connectivity index (χ4n) is 3.85. The molecule has 1 aliphatic rings. The Morgan fingerprint density at radius 2 is 1.70 bits per heavy atom. The van der Waals surface area contributed by atoms with E-state index in [1.165, 1.54) is 18.2 Å². The van der Waals surface area contributed by atoms with Crippen molar-refractivity contribution in [1.82, 2.24) is 10.6 Å². The van der Waals surface area contributed by atoms with Gasteiger partial charge in [0.05, 0.1) is 4.92 Å². The highest BCUT2D eigenvalue weighted by atomic mass is 32.1. The Hall–Kier alpha value is -3.85. The Bertz CT molecular complexity index is 1210. The Morgan fingerprint density at radius 3 is 2.40 bits per heavy atom. The van der Waals surface area contributed by atoms with E-state index in [2.05, 4.69) is 10.6 Å². The molecule has 3 aromatic carbocycles. The standard InChI is InChI=1S/C21H16N4O4S/c22-15-9-8-11-4-1-2-7-14(11)17(15)16(12-5-3-6-13(10-12)25(28)29)18-19(26)23-21(30)24-20(18)27/h1-10,16,18H,22H2,(H2,23,24,26,27,30). The highest BCUT2D eigenvalue weighted by Crippen LogP contribution is 2.41. The van der Waals surface area contributed by atoms with Gasteiger partial charge in [-0.1, -0.05) is 42.5 Å². The van der Waals surface area contributed by atoms with Crippen molar-refractivity contribution < 1.29 is 14.5 Å². The van der Waals surface area contributed by atoms with Crippen molar-refractivity contribution >= 4 is 51.3 Å². The van der Waals surface area contributed by atoms with Gasteiger partial charge in [0.25, 0.3) is 5.69 Å². The van der Waals surface area contributed by atoms with Crippen molar-refractivity contribution in [1.29, 1.82) is 0 Å². The van der Waals surface area contributed by atoms with Gasteiger partial charge in [0.1, 0.15) is 5.92 Å². The number of carbonyl (C=O) groups excluding carboxylic acids is 2. The summed E-state index contributed by atoms with van der Waals surface area (Å²) in [4.78, 5) is 36.5. The molecule has 0 aliphatic carbocycles. The summed E-state index contributed by atoms with van der Waals surface area (Å²) >= 11 is 4.91. The van der Waals surface area contributed by atoms with Crippen molar-refractivity contribution in [3.63, 3.8) is 0 Å². The summed E-state index contributed by atoms with van der Waals surface area (Å²) in [6, 6.07) is 16.8. The maximum absolute atomic E-state index is 12.8. The number of nitrogen functional groups attached to an aromatic ring is 1. The zero-order valence-corrected chi connectivity index (χ0v) is 16.3. The molecule has 1 fully saturated rings. The van der Waals surface area contributed by atoms with Crippen LogP contribution in [0.3, 0.4) is 0 Å². The number of non-ortho nitro benzene ring substituents is 1. The number of thiocarbonyl (C=S) groups is 1. The van der Waals surface area contributed by atoms with Gasteiger partial charge < -0.3 is 16.4 Å². The van der Waals surface area contributed by atoms with E-state index in [0.29, 0.717) is 16.8 Å². The molecule has 3 aromatic rings. The lowest BCUT2D eigenvalue weighted by atomic mass is 9.76. The summed E-state index contributed by atoms with van der Waals surface area (Å²) in [5.41, 5.74) is 7.53. The number of fused-ring (bicyclic) bond motifs is 1. The molecule has 1 unspecified atom stereocenters. The minimum absolute atomic E-state index is 0.0788. The van der Waals surface area contributed by atoms with Crippen LogP contribution in [0.15, 0.2) is 60.7 Å². The van der Waals surface area contributed by atoms with Crippen molar-refractivity contribution in [2.45, 2.75) is 5.92 Å². The third-order valence-electron chi connectivity index (χ3n) is 5.13. The van der Waals surface area contributed by atoms with Crippen LogP contribution in [0.4, 0.5) is 11.4 Å². The van der Waals surface area contributed by atoms with Gasteiger partial charge in [-0.25, -0.2) is 0 Å². The quantitative estimate of drug-likeness (QED) is 0.196. The monoisotopic (exact) mass is 420 g/mol. The van der Waals surface area contributed by atoms with Gasteiger partial charge in [-0.3, -0.25) is 19.7 Å². The van der Waals surface area contributed by atoms with E-state index in [4.69, 9.17) is 18.0 Å². The van der Waals surface area contributed by atoms with Gasteiger partial charge in [-0.05, 0) is 40.2 Å². The molecule has 4 rings (SSSR count). The van der Waals surface area contributed by atoms with Gasteiger partial charge in [0.15, 0.2) is 5.11 Å².